The Kier molecular flexibility index (Phi) is 4.99. The molecule has 0 saturated heterocycles. The standard InChI is InChI=1S/C13H16F3NO3/c1-12(2,10(18)13(14,15)16)17-11(19)20-8-9-6-4-3-5-7-9/h3-7,10,18H,8H2,1-2H3,(H,17,19). The van der Waals surface area contributed by atoms with Gasteiger partial charge in [-0.05, 0) is 19.4 Å². The van der Waals surface area contributed by atoms with E-state index in [-0.39, 0.29) is 6.61 Å². The van der Waals surface area contributed by atoms with Crippen molar-refractivity contribution in [3.05, 3.63) is 35.9 Å². The van der Waals surface area contributed by atoms with Crippen molar-refractivity contribution >= 4 is 6.09 Å². The van der Waals surface area contributed by atoms with Crippen LogP contribution in [0.3, 0.4) is 0 Å². The van der Waals surface area contributed by atoms with Gasteiger partial charge in [-0.2, -0.15) is 13.2 Å². The number of hydrogen-bond acceptors (Lipinski definition) is 3. The fourth-order valence-electron chi connectivity index (χ4n) is 1.50. The van der Waals surface area contributed by atoms with E-state index < -0.39 is 23.9 Å². The van der Waals surface area contributed by atoms with Gasteiger partial charge in [0.2, 0.25) is 0 Å². The number of alkyl halides is 3. The molecule has 1 aromatic carbocycles. The predicted octanol–water partition coefficient (Wildman–Crippen LogP) is 2.61. The maximum Gasteiger partial charge on any atom is 0.416 e. The number of rotatable bonds is 4. The highest BCUT2D eigenvalue weighted by Crippen LogP contribution is 2.27. The monoisotopic (exact) mass is 291 g/mol. The molecule has 0 aliphatic rings. The first kappa shape index (κ1) is 16.3. The minimum absolute atomic E-state index is 0.0646. The molecular weight excluding hydrogens is 275 g/mol. The summed E-state index contributed by atoms with van der Waals surface area (Å²) in [7, 11) is 0. The lowest BCUT2D eigenvalue weighted by Gasteiger charge is -2.32. The molecule has 112 valence electrons. The van der Waals surface area contributed by atoms with Crippen LogP contribution in [0.2, 0.25) is 0 Å². The lowest BCUT2D eigenvalue weighted by atomic mass is 9.97. The van der Waals surface area contributed by atoms with Crippen LogP contribution in [0, 0.1) is 0 Å². The van der Waals surface area contributed by atoms with Gasteiger partial charge in [-0.15, -0.1) is 0 Å². The number of benzene rings is 1. The number of nitrogens with one attached hydrogen (secondary N) is 1. The molecular formula is C13H16F3NO3. The van der Waals surface area contributed by atoms with Crippen molar-refractivity contribution in [2.75, 3.05) is 0 Å². The Balaban J connectivity index is 2.53. The van der Waals surface area contributed by atoms with E-state index in [0.717, 1.165) is 13.8 Å². The van der Waals surface area contributed by atoms with Crippen molar-refractivity contribution in [3.8, 4) is 0 Å². The number of aliphatic hydroxyl groups excluding tert-OH is 1. The Bertz CT molecular complexity index is 446. The number of aliphatic hydroxyl groups is 1. The summed E-state index contributed by atoms with van der Waals surface area (Å²) in [6.07, 6.45) is -8.53. The van der Waals surface area contributed by atoms with E-state index in [4.69, 9.17) is 9.84 Å². The highest BCUT2D eigenvalue weighted by Gasteiger charge is 2.48. The molecule has 0 heterocycles. The van der Waals surface area contributed by atoms with Gasteiger partial charge in [-0.1, -0.05) is 30.3 Å². The smallest absolute Gasteiger partial charge is 0.416 e. The highest BCUT2D eigenvalue weighted by atomic mass is 19.4. The maximum atomic E-state index is 12.4. The van der Waals surface area contributed by atoms with Crippen LogP contribution < -0.4 is 5.32 Å². The van der Waals surface area contributed by atoms with Gasteiger partial charge in [0.15, 0.2) is 6.10 Å². The first-order chi connectivity index (χ1) is 9.13. The van der Waals surface area contributed by atoms with E-state index in [2.05, 4.69) is 0 Å². The molecule has 0 fully saturated rings. The number of ether oxygens (including phenoxy) is 1. The quantitative estimate of drug-likeness (QED) is 0.896. The largest absolute Gasteiger partial charge is 0.445 e. The zero-order chi connectivity index (χ0) is 15.4. The van der Waals surface area contributed by atoms with Gasteiger partial charge < -0.3 is 15.2 Å². The van der Waals surface area contributed by atoms with Crippen molar-refractivity contribution < 1.29 is 27.8 Å². The summed E-state index contributed by atoms with van der Waals surface area (Å²) < 4.78 is 42.0. The molecule has 0 aliphatic heterocycles. The molecule has 7 heteroatoms. The molecule has 0 aliphatic carbocycles. The minimum Gasteiger partial charge on any atom is -0.445 e. The van der Waals surface area contributed by atoms with Gasteiger partial charge in [-0.25, -0.2) is 4.79 Å². The van der Waals surface area contributed by atoms with Crippen LogP contribution in [0.15, 0.2) is 30.3 Å². The van der Waals surface area contributed by atoms with E-state index in [1.165, 1.54) is 0 Å². The molecule has 1 atom stereocenters. The minimum atomic E-state index is -4.82. The molecule has 0 radical (unpaired) electrons. The molecule has 4 nitrogen and oxygen atoms in total. The fraction of sp³-hybridized carbons (Fsp3) is 0.462. The van der Waals surface area contributed by atoms with Crippen LogP contribution in [0.1, 0.15) is 19.4 Å². The van der Waals surface area contributed by atoms with Gasteiger partial charge in [0, 0.05) is 0 Å². The zero-order valence-electron chi connectivity index (χ0n) is 11.1. The number of halogens is 3. The van der Waals surface area contributed by atoms with Gasteiger partial charge in [0.05, 0.1) is 5.54 Å². The predicted molar refractivity (Wildman–Crippen MR) is 65.9 cm³/mol. The molecule has 0 bridgehead atoms. The van der Waals surface area contributed by atoms with Crippen LogP contribution in [-0.4, -0.2) is 29.0 Å². The molecule has 1 amide bonds. The summed E-state index contributed by atoms with van der Waals surface area (Å²) in [5.74, 6) is 0. The van der Waals surface area contributed by atoms with Crippen LogP contribution >= 0.6 is 0 Å². The summed E-state index contributed by atoms with van der Waals surface area (Å²) in [5, 5.41) is 11.2. The van der Waals surface area contributed by atoms with Crippen molar-refractivity contribution in [2.24, 2.45) is 0 Å². The number of carbonyl (C=O) groups excluding carboxylic acids is 1. The average molecular weight is 291 g/mol. The Labute approximate surface area is 114 Å². The van der Waals surface area contributed by atoms with Gasteiger partial charge >= 0.3 is 12.3 Å². The molecule has 20 heavy (non-hydrogen) atoms. The maximum absolute atomic E-state index is 12.4. The number of hydrogen-bond donors (Lipinski definition) is 2. The number of carbonyl (C=O) groups is 1. The van der Waals surface area contributed by atoms with Crippen molar-refractivity contribution in [3.63, 3.8) is 0 Å². The topological polar surface area (TPSA) is 58.6 Å². The van der Waals surface area contributed by atoms with E-state index in [1.807, 2.05) is 5.32 Å². The SMILES string of the molecule is CC(C)(NC(=O)OCc1ccccc1)C(O)C(F)(F)F. The summed E-state index contributed by atoms with van der Waals surface area (Å²) in [5.41, 5.74) is -1.18. The summed E-state index contributed by atoms with van der Waals surface area (Å²) in [6, 6.07) is 8.69. The zero-order valence-corrected chi connectivity index (χ0v) is 11.1. The second kappa shape index (κ2) is 6.13. The van der Waals surface area contributed by atoms with E-state index >= 15 is 0 Å². The van der Waals surface area contributed by atoms with Crippen LogP contribution in [0.25, 0.3) is 0 Å². The molecule has 1 rings (SSSR count). The lowest BCUT2D eigenvalue weighted by Crippen LogP contribution is -2.57. The summed E-state index contributed by atoms with van der Waals surface area (Å²) in [4.78, 5) is 11.5. The molecule has 0 saturated carbocycles. The Hall–Kier alpha value is -1.76. The normalized spacial score (nSPS) is 13.7. The first-order valence-electron chi connectivity index (χ1n) is 5.86. The van der Waals surface area contributed by atoms with Crippen molar-refractivity contribution in [1.82, 2.24) is 5.32 Å². The van der Waals surface area contributed by atoms with Crippen LogP contribution in [-0.2, 0) is 11.3 Å². The molecule has 0 spiro atoms. The second-order valence-electron chi connectivity index (χ2n) is 4.85. The van der Waals surface area contributed by atoms with Crippen LogP contribution in [0.4, 0.5) is 18.0 Å². The van der Waals surface area contributed by atoms with Crippen LogP contribution in [0.5, 0.6) is 0 Å². The van der Waals surface area contributed by atoms with E-state index in [1.54, 1.807) is 30.3 Å². The van der Waals surface area contributed by atoms with Crippen molar-refractivity contribution in [2.45, 2.75) is 38.3 Å². The Morgan fingerprint density at radius 1 is 1.30 bits per heavy atom. The third-order valence-corrected chi connectivity index (χ3v) is 2.63. The highest BCUT2D eigenvalue weighted by molar-refractivity contribution is 5.68. The first-order valence-corrected chi connectivity index (χ1v) is 5.86. The van der Waals surface area contributed by atoms with Crippen molar-refractivity contribution in [1.29, 1.82) is 0 Å². The Morgan fingerprint density at radius 3 is 2.35 bits per heavy atom. The number of amides is 1. The molecule has 2 N–H and O–H groups in total. The van der Waals surface area contributed by atoms with E-state index in [0.29, 0.717) is 5.56 Å². The third-order valence-electron chi connectivity index (χ3n) is 2.63. The Morgan fingerprint density at radius 2 is 1.85 bits per heavy atom. The van der Waals surface area contributed by atoms with Gasteiger partial charge in [0.1, 0.15) is 6.61 Å². The van der Waals surface area contributed by atoms with Gasteiger partial charge in [0.25, 0.3) is 0 Å². The van der Waals surface area contributed by atoms with Gasteiger partial charge in [-0.3, -0.25) is 0 Å². The lowest BCUT2D eigenvalue weighted by molar-refractivity contribution is -0.222. The molecule has 1 unspecified atom stereocenters. The third kappa shape index (κ3) is 4.73. The fourth-order valence-corrected chi connectivity index (χ4v) is 1.50. The summed E-state index contributed by atoms with van der Waals surface area (Å²) >= 11 is 0. The summed E-state index contributed by atoms with van der Waals surface area (Å²) in [6.45, 7) is 2.06. The number of alkyl carbamates (subject to hydrolysis) is 1. The average Bonchev–Trinajstić information content (AvgIpc) is 2.35. The second-order valence-corrected chi connectivity index (χ2v) is 4.85. The molecule has 0 aromatic heterocycles. The van der Waals surface area contributed by atoms with E-state index in [9.17, 15) is 18.0 Å². The molecule has 1 aromatic rings.